The number of hydrogen-bond acceptors (Lipinski definition) is 6. The predicted molar refractivity (Wildman–Crippen MR) is 83.6 cm³/mol. The van der Waals surface area contributed by atoms with E-state index in [-0.39, 0.29) is 0 Å². The quantitative estimate of drug-likeness (QED) is 0.588. The van der Waals surface area contributed by atoms with E-state index in [1.54, 1.807) is 6.07 Å². The number of rotatable bonds is 7. The van der Waals surface area contributed by atoms with Gasteiger partial charge in [0, 0.05) is 17.1 Å². The van der Waals surface area contributed by atoms with Crippen molar-refractivity contribution >= 4 is 21.7 Å². The molecule has 0 saturated heterocycles. The Labute approximate surface area is 131 Å². The van der Waals surface area contributed by atoms with E-state index < -0.39 is 0 Å². The van der Waals surface area contributed by atoms with Crippen LogP contribution in [-0.2, 0) is 18.0 Å². The van der Waals surface area contributed by atoms with Gasteiger partial charge in [-0.1, -0.05) is 28.1 Å². The molecule has 21 heavy (non-hydrogen) atoms. The zero-order chi connectivity index (χ0) is 15.1. The summed E-state index contributed by atoms with van der Waals surface area (Å²) in [6, 6.07) is 9.54. The average molecular weight is 353 g/mol. The molecule has 2 rings (SSSR count). The molecule has 0 fully saturated rings. The monoisotopic (exact) mass is 352 g/mol. The normalized spacial score (nSPS) is 10.4. The molecule has 0 aliphatic heterocycles. The molecule has 0 radical (unpaired) electrons. The second kappa shape index (κ2) is 7.92. The lowest BCUT2D eigenvalue weighted by Crippen LogP contribution is -2.12. The summed E-state index contributed by atoms with van der Waals surface area (Å²) in [5.74, 6) is 6.87. The summed E-state index contributed by atoms with van der Waals surface area (Å²) in [4.78, 5) is 8.49. The van der Waals surface area contributed by atoms with Crippen molar-refractivity contribution in [1.29, 1.82) is 0 Å². The van der Waals surface area contributed by atoms with Gasteiger partial charge in [-0.3, -0.25) is 0 Å². The van der Waals surface area contributed by atoms with E-state index in [1.807, 2.05) is 31.2 Å². The van der Waals surface area contributed by atoms with Crippen molar-refractivity contribution in [3.8, 4) is 5.88 Å². The Bertz CT molecular complexity index is 578. The summed E-state index contributed by atoms with van der Waals surface area (Å²) in [6.45, 7) is 3.25. The molecule has 0 aliphatic carbocycles. The van der Waals surface area contributed by atoms with Gasteiger partial charge in [-0.15, -0.1) is 0 Å². The first-order valence-electron chi connectivity index (χ1n) is 6.51. The Kier molecular flexibility index (Phi) is 5.91. The maximum Gasteiger partial charge on any atom is 0.219 e. The van der Waals surface area contributed by atoms with Crippen LogP contribution >= 0.6 is 15.9 Å². The maximum atomic E-state index is 5.68. The standard InChI is InChI=1S/C14H17BrN4O2/c1-2-20-9-13-17-12(19-16)7-14(18-13)21-8-10-3-5-11(15)6-4-10/h3-7H,2,8-9,16H2,1H3,(H,17,18,19). The Morgan fingerprint density at radius 2 is 1.95 bits per heavy atom. The Hall–Kier alpha value is -1.70. The van der Waals surface area contributed by atoms with Crippen LogP contribution in [0.3, 0.4) is 0 Å². The van der Waals surface area contributed by atoms with Gasteiger partial charge in [0.25, 0.3) is 0 Å². The van der Waals surface area contributed by atoms with Gasteiger partial charge < -0.3 is 14.9 Å². The zero-order valence-electron chi connectivity index (χ0n) is 11.7. The predicted octanol–water partition coefficient (Wildman–Crippen LogP) is 2.64. The van der Waals surface area contributed by atoms with Crippen LogP contribution in [0.2, 0.25) is 0 Å². The van der Waals surface area contributed by atoms with Crippen molar-refractivity contribution in [2.45, 2.75) is 20.1 Å². The van der Waals surface area contributed by atoms with Gasteiger partial charge in [-0.25, -0.2) is 10.8 Å². The maximum absolute atomic E-state index is 5.68. The van der Waals surface area contributed by atoms with E-state index in [0.29, 0.717) is 37.3 Å². The lowest BCUT2D eigenvalue weighted by atomic mass is 10.2. The number of ether oxygens (including phenoxy) is 2. The molecule has 1 heterocycles. The molecule has 1 aromatic carbocycles. The van der Waals surface area contributed by atoms with Gasteiger partial charge in [-0.2, -0.15) is 4.98 Å². The third kappa shape index (κ3) is 4.96. The average Bonchev–Trinajstić information content (AvgIpc) is 2.52. The number of nitrogens with zero attached hydrogens (tertiary/aromatic N) is 2. The van der Waals surface area contributed by atoms with Crippen molar-refractivity contribution < 1.29 is 9.47 Å². The molecule has 0 spiro atoms. The highest BCUT2D eigenvalue weighted by Crippen LogP contribution is 2.16. The van der Waals surface area contributed by atoms with E-state index in [2.05, 4.69) is 31.3 Å². The lowest BCUT2D eigenvalue weighted by molar-refractivity contribution is 0.127. The van der Waals surface area contributed by atoms with Gasteiger partial charge >= 0.3 is 0 Å². The van der Waals surface area contributed by atoms with Crippen molar-refractivity contribution in [3.05, 3.63) is 46.2 Å². The summed E-state index contributed by atoms with van der Waals surface area (Å²) < 4.78 is 12.0. The number of aromatic nitrogens is 2. The highest BCUT2D eigenvalue weighted by molar-refractivity contribution is 9.10. The number of nitrogens with two attached hydrogens (primary N) is 1. The van der Waals surface area contributed by atoms with E-state index in [0.717, 1.165) is 10.0 Å². The molecule has 2 aromatic rings. The van der Waals surface area contributed by atoms with Crippen LogP contribution in [0.25, 0.3) is 0 Å². The first kappa shape index (κ1) is 15.7. The molecular weight excluding hydrogens is 336 g/mol. The Morgan fingerprint density at radius 3 is 2.62 bits per heavy atom. The number of benzene rings is 1. The molecule has 0 aliphatic rings. The third-order valence-electron chi connectivity index (χ3n) is 2.63. The first-order valence-corrected chi connectivity index (χ1v) is 7.30. The fourth-order valence-electron chi connectivity index (χ4n) is 1.62. The highest BCUT2D eigenvalue weighted by Gasteiger charge is 2.06. The SMILES string of the molecule is CCOCc1nc(NN)cc(OCc2ccc(Br)cc2)n1. The zero-order valence-corrected chi connectivity index (χ0v) is 13.3. The minimum atomic E-state index is 0.320. The van der Waals surface area contributed by atoms with E-state index >= 15 is 0 Å². The van der Waals surface area contributed by atoms with Gasteiger partial charge in [0.15, 0.2) is 5.82 Å². The highest BCUT2D eigenvalue weighted by atomic mass is 79.9. The molecule has 6 nitrogen and oxygen atoms in total. The molecule has 0 unspecified atom stereocenters. The van der Waals surface area contributed by atoms with E-state index in [9.17, 15) is 0 Å². The van der Waals surface area contributed by atoms with Crippen molar-refractivity contribution in [2.24, 2.45) is 5.84 Å². The topological polar surface area (TPSA) is 82.3 Å². The molecule has 1 aromatic heterocycles. The van der Waals surface area contributed by atoms with Crippen LogP contribution in [-0.4, -0.2) is 16.6 Å². The minimum Gasteiger partial charge on any atom is -0.473 e. The van der Waals surface area contributed by atoms with E-state index in [1.165, 1.54) is 0 Å². The fraction of sp³-hybridized carbons (Fsp3) is 0.286. The summed E-state index contributed by atoms with van der Waals surface area (Å²) in [6.07, 6.45) is 0. The molecule has 7 heteroatoms. The molecule has 3 N–H and O–H groups in total. The van der Waals surface area contributed by atoms with Gasteiger partial charge in [0.1, 0.15) is 19.0 Å². The van der Waals surface area contributed by atoms with Crippen LogP contribution in [0.1, 0.15) is 18.3 Å². The molecule has 0 saturated carbocycles. The molecular formula is C14H17BrN4O2. The number of halogens is 1. The van der Waals surface area contributed by atoms with Crippen LogP contribution in [0, 0.1) is 0 Å². The van der Waals surface area contributed by atoms with Crippen molar-refractivity contribution in [1.82, 2.24) is 9.97 Å². The summed E-state index contributed by atoms with van der Waals surface area (Å²) in [7, 11) is 0. The number of hydrazine groups is 1. The van der Waals surface area contributed by atoms with Crippen molar-refractivity contribution in [2.75, 3.05) is 12.0 Å². The number of nitrogens with one attached hydrogen (secondary N) is 1. The van der Waals surface area contributed by atoms with Gasteiger partial charge in [-0.05, 0) is 24.6 Å². The summed E-state index contributed by atoms with van der Waals surface area (Å²) in [5, 5.41) is 0. The second-order valence-electron chi connectivity index (χ2n) is 4.20. The number of anilines is 1. The Morgan fingerprint density at radius 1 is 1.19 bits per heavy atom. The molecule has 0 bridgehead atoms. The molecule has 0 amide bonds. The lowest BCUT2D eigenvalue weighted by Gasteiger charge is -2.09. The van der Waals surface area contributed by atoms with Gasteiger partial charge in [0.2, 0.25) is 5.88 Å². The number of hydrogen-bond donors (Lipinski definition) is 2. The van der Waals surface area contributed by atoms with Gasteiger partial charge in [0.05, 0.1) is 0 Å². The van der Waals surface area contributed by atoms with Crippen LogP contribution in [0.15, 0.2) is 34.8 Å². The second-order valence-corrected chi connectivity index (χ2v) is 5.12. The van der Waals surface area contributed by atoms with Crippen LogP contribution < -0.4 is 16.0 Å². The summed E-state index contributed by atoms with van der Waals surface area (Å²) >= 11 is 3.40. The Balaban J connectivity index is 2.05. The number of nitrogen functional groups attached to an aromatic ring is 1. The minimum absolute atomic E-state index is 0.320. The molecule has 0 atom stereocenters. The van der Waals surface area contributed by atoms with Crippen LogP contribution in [0.5, 0.6) is 5.88 Å². The smallest absolute Gasteiger partial charge is 0.219 e. The first-order chi connectivity index (χ1) is 10.2. The summed E-state index contributed by atoms with van der Waals surface area (Å²) in [5.41, 5.74) is 3.54. The fourth-order valence-corrected chi connectivity index (χ4v) is 1.88. The van der Waals surface area contributed by atoms with E-state index in [4.69, 9.17) is 15.3 Å². The third-order valence-corrected chi connectivity index (χ3v) is 3.16. The van der Waals surface area contributed by atoms with Crippen LogP contribution in [0.4, 0.5) is 5.82 Å². The molecule has 112 valence electrons. The van der Waals surface area contributed by atoms with Crippen molar-refractivity contribution in [3.63, 3.8) is 0 Å². The largest absolute Gasteiger partial charge is 0.473 e.